The Morgan fingerprint density at radius 1 is 1.56 bits per heavy atom. The van der Waals surface area contributed by atoms with Gasteiger partial charge in [-0.1, -0.05) is 12.1 Å². The van der Waals surface area contributed by atoms with Crippen molar-refractivity contribution in [3.63, 3.8) is 0 Å². The molecule has 94 valence electrons. The van der Waals surface area contributed by atoms with Gasteiger partial charge < -0.3 is 4.57 Å². The Balaban J connectivity index is 2.75. The molecule has 0 saturated carbocycles. The number of benzene rings is 1. The van der Waals surface area contributed by atoms with E-state index in [1.807, 2.05) is 6.92 Å². The minimum Gasteiger partial charge on any atom is -0.300 e. The van der Waals surface area contributed by atoms with Crippen molar-refractivity contribution >= 4 is 17.9 Å². The third-order valence-electron chi connectivity index (χ3n) is 2.74. The average molecular weight is 264 g/mol. The van der Waals surface area contributed by atoms with Crippen molar-refractivity contribution in [1.82, 2.24) is 14.8 Å². The monoisotopic (exact) mass is 264 g/mol. The van der Waals surface area contributed by atoms with Crippen LogP contribution >= 0.6 is 12.2 Å². The molecule has 0 unspecified atom stereocenters. The van der Waals surface area contributed by atoms with Crippen molar-refractivity contribution in [2.24, 2.45) is 0 Å². The van der Waals surface area contributed by atoms with E-state index >= 15 is 0 Å². The fraction of sp³-hybridized carbons (Fsp3) is 0.273. The van der Waals surface area contributed by atoms with Gasteiger partial charge >= 0.3 is 0 Å². The van der Waals surface area contributed by atoms with Crippen LogP contribution < -0.4 is 0 Å². The first-order chi connectivity index (χ1) is 8.56. The zero-order valence-corrected chi connectivity index (χ0v) is 10.8. The van der Waals surface area contributed by atoms with E-state index < -0.39 is 0 Å². The summed E-state index contributed by atoms with van der Waals surface area (Å²) in [5.74, 6) is 0.498. The number of rotatable bonds is 3. The van der Waals surface area contributed by atoms with Crippen LogP contribution in [-0.4, -0.2) is 19.7 Å². The van der Waals surface area contributed by atoms with Crippen LogP contribution in [0.25, 0.3) is 11.4 Å². The number of hydrogen-bond acceptors (Lipinski definition) is 4. The van der Waals surface area contributed by atoms with Gasteiger partial charge in [0.15, 0.2) is 10.6 Å². The summed E-state index contributed by atoms with van der Waals surface area (Å²) in [5, 5.41) is 17.9. The lowest BCUT2D eigenvalue weighted by molar-refractivity contribution is -0.384. The van der Waals surface area contributed by atoms with Crippen LogP contribution in [0.2, 0.25) is 0 Å². The van der Waals surface area contributed by atoms with Gasteiger partial charge in [0.25, 0.3) is 5.69 Å². The Hall–Kier alpha value is -2.02. The quantitative estimate of drug-likeness (QED) is 0.525. The summed E-state index contributed by atoms with van der Waals surface area (Å²) in [6.07, 6.45) is 0. The van der Waals surface area contributed by atoms with Crippen molar-refractivity contribution in [1.29, 1.82) is 0 Å². The number of aromatic nitrogens is 3. The fourth-order valence-electron chi connectivity index (χ4n) is 1.90. The molecule has 0 radical (unpaired) electrons. The SMILES string of the molecule is CCn1c(-c2cccc(C)c2[N+](=O)[O-])n[nH]c1=S. The van der Waals surface area contributed by atoms with Gasteiger partial charge in [0.1, 0.15) is 0 Å². The van der Waals surface area contributed by atoms with Crippen LogP contribution in [0.3, 0.4) is 0 Å². The Morgan fingerprint density at radius 2 is 2.28 bits per heavy atom. The van der Waals surface area contributed by atoms with E-state index in [0.29, 0.717) is 28.3 Å². The molecule has 6 nitrogen and oxygen atoms in total. The molecule has 1 aromatic heterocycles. The van der Waals surface area contributed by atoms with E-state index in [1.165, 1.54) is 0 Å². The number of nitrogens with one attached hydrogen (secondary N) is 1. The number of nitro groups is 1. The molecule has 18 heavy (non-hydrogen) atoms. The molecule has 0 aliphatic rings. The number of H-pyrrole nitrogens is 1. The minimum atomic E-state index is -0.387. The second-order valence-corrected chi connectivity index (χ2v) is 4.21. The van der Waals surface area contributed by atoms with Crippen LogP contribution in [0, 0.1) is 21.8 Å². The van der Waals surface area contributed by atoms with E-state index in [-0.39, 0.29) is 10.6 Å². The van der Waals surface area contributed by atoms with Crippen molar-refractivity contribution in [3.05, 3.63) is 38.6 Å². The normalized spacial score (nSPS) is 10.6. The van der Waals surface area contributed by atoms with Crippen molar-refractivity contribution < 1.29 is 4.92 Å². The van der Waals surface area contributed by atoms with Gasteiger partial charge in [-0.2, -0.15) is 5.10 Å². The van der Waals surface area contributed by atoms with Gasteiger partial charge in [0, 0.05) is 12.1 Å². The molecule has 0 atom stereocenters. The lowest BCUT2D eigenvalue weighted by atomic mass is 10.1. The van der Waals surface area contributed by atoms with Crippen molar-refractivity contribution in [2.45, 2.75) is 20.4 Å². The molecular weight excluding hydrogens is 252 g/mol. The first-order valence-corrected chi connectivity index (χ1v) is 5.86. The Kier molecular flexibility index (Phi) is 3.24. The summed E-state index contributed by atoms with van der Waals surface area (Å²) >= 11 is 5.09. The molecule has 0 fully saturated rings. The number of aromatic amines is 1. The lowest BCUT2D eigenvalue weighted by Crippen LogP contribution is -2.01. The van der Waals surface area contributed by atoms with E-state index in [0.717, 1.165) is 0 Å². The molecule has 2 aromatic rings. The predicted molar refractivity (Wildman–Crippen MR) is 69.9 cm³/mol. The summed E-state index contributed by atoms with van der Waals surface area (Å²) in [5.41, 5.74) is 1.16. The Morgan fingerprint density at radius 3 is 2.89 bits per heavy atom. The number of hydrogen-bond donors (Lipinski definition) is 1. The first kappa shape index (κ1) is 12.4. The third kappa shape index (κ3) is 1.92. The Bertz CT molecular complexity index is 659. The van der Waals surface area contributed by atoms with Crippen LogP contribution in [0.4, 0.5) is 5.69 Å². The molecule has 1 heterocycles. The largest absolute Gasteiger partial charge is 0.300 e. The average Bonchev–Trinajstić information content (AvgIpc) is 2.69. The highest BCUT2D eigenvalue weighted by Gasteiger charge is 2.21. The van der Waals surface area contributed by atoms with Crippen LogP contribution in [-0.2, 0) is 6.54 Å². The molecule has 0 bridgehead atoms. The highest BCUT2D eigenvalue weighted by atomic mass is 32.1. The first-order valence-electron chi connectivity index (χ1n) is 5.45. The van der Waals surface area contributed by atoms with E-state index in [4.69, 9.17) is 12.2 Å². The summed E-state index contributed by atoms with van der Waals surface area (Å²) in [6, 6.07) is 5.16. The van der Waals surface area contributed by atoms with Gasteiger partial charge in [0.2, 0.25) is 0 Å². The summed E-state index contributed by atoms with van der Waals surface area (Å²) in [7, 11) is 0. The number of aryl methyl sites for hydroxylation is 1. The maximum atomic E-state index is 11.2. The molecule has 0 saturated heterocycles. The highest BCUT2D eigenvalue weighted by molar-refractivity contribution is 7.71. The van der Waals surface area contributed by atoms with Crippen molar-refractivity contribution in [3.8, 4) is 11.4 Å². The Labute approximate surface area is 108 Å². The number of nitrogens with zero attached hydrogens (tertiary/aromatic N) is 3. The molecule has 0 spiro atoms. The van der Waals surface area contributed by atoms with Gasteiger partial charge in [-0.15, -0.1) is 0 Å². The zero-order chi connectivity index (χ0) is 13.3. The van der Waals surface area contributed by atoms with Gasteiger partial charge in [-0.3, -0.25) is 15.2 Å². The zero-order valence-electron chi connectivity index (χ0n) is 10.0. The van der Waals surface area contributed by atoms with E-state index in [1.54, 1.807) is 29.7 Å². The van der Waals surface area contributed by atoms with E-state index in [2.05, 4.69) is 10.2 Å². The van der Waals surface area contributed by atoms with Gasteiger partial charge in [-0.05, 0) is 32.1 Å². The summed E-state index contributed by atoms with van der Waals surface area (Å²) in [4.78, 5) is 10.8. The third-order valence-corrected chi connectivity index (χ3v) is 3.05. The summed E-state index contributed by atoms with van der Waals surface area (Å²) in [6.45, 7) is 4.23. The number of nitro benzene ring substituents is 1. The molecule has 2 rings (SSSR count). The highest BCUT2D eigenvalue weighted by Crippen LogP contribution is 2.31. The van der Waals surface area contributed by atoms with Crippen LogP contribution in [0.15, 0.2) is 18.2 Å². The smallest absolute Gasteiger partial charge is 0.283 e. The molecule has 1 aromatic carbocycles. The second kappa shape index (κ2) is 4.69. The lowest BCUT2D eigenvalue weighted by Gasteiger charge is -2.06. The maximum Gasteiger partial charge on any atom is 0.283 e. The molecule has 7 heteroatoms. The van der Waals surface area contributed by atoms with Gasteiger partial charge in [0.05, 0.1) is 10.5 Å². The topological polar surface area (TPSA) is 76.8 Å². The second-order valence-electron chi connectivity index (χ2n) is 3.82. The van der Waals surface area contributed by atoms with Crippen molar-refractivity contribution in [2.75, 3.05) is 0 Å². The van der Waals surface area contributed by atoms with Crippen LogP contribution in [0.1, 0.15) is 12.5 Å². The minimum absolute atomic E-state index is 0.0706. The van der Waals surface area contributed by atoms with Gasteiger partial charge in [-0.25, -0.2) is 0 Å². The van der Waals surface area contributed by atoms with E-state index in [9.17, 15) is 10.1 Å². The number of para-hydroxylation sites is 1. The molecule has 0 aliphatic carbocycles. The van der Waals surface area contributed by atoms with Crippen LogP contribution in [0.5, 0.6) is 0 Å². The molecule has 0 aliphatic heterocycles. The fourth-order valence-corrected chi connectivity index (χ4v) is 2.16. The molecule has 0 amide bonds. The summed E-state index contributed by atoms with van der Waals surface area (Å²) < 4.78 is 2.19. The standard InChI is InChI=1S/C11H12N4O2S/c1-3-14-10(12-13-11(14)18)8-6-4-5-7(2)9(8)15(16)17/h4-6H,3H2,1-2H3,(H,13,18). The molecular formula is C11H12N4O2S. The molecule has 1 N–H and O–H groups in total. The maximum absolute atomic E-state index is 11.2. The predicted octanol–water partition coefficient (Wildman–Crippen LogP) is 2.84.